The smallest absolute Gasteiger partial charge is 0.313 e. The SMILES string of the molecule is COC(=O)CC(=O)C1(O)CCC2C3CC=C4CC(O)CCC4(C)C3CCC21C. The van der Waals surface area contributed by atoms with Crippen LogP contribution in [-0.4, -0.2) is 40.8 Å². The van der Waals surface area contributed by atoms with Gasteiger partial charge in [-0.2, -0.15) is 0 Å². The number of ketones is 1. The van der Waals surface area contributed by atoms with E-state index in [-0.39, 0.29) is 23.7 Å². The molecule has 4 rings (SSSR count). The standard InChI is InChI=1S/C23H34O5/c1-21-9-6-15(24)12-14(21)4-5-16-17(21)7-10-22(2)18(16)8-11-23(22,27)19(25)13-20(26)28-3/h4,15-18,24,27H,5-13H2,1-3H3. The van der Waals surface area contributed by atoms with Crippen molar-refractivity contribution >= 4 is 11.8 Å². The van der Waals surface area contributed by atoms with E-state index in [0.717, 1.165) is 44.9 Å². The van der Waals surface area contributed by atoms with Gasteiger partial charge in [0.25, 0.3) is 0 Å². The number of aliphatic hydroxyl groups excluding tert-OH is 1. The highest BCUT2D eigenvalue weighted by Crippen LogP contribution is 2.67. The minimum absolute atomic E-state index is 0.139. The summed E-state index contributed by atoms with van der Waals surface area (Å²) in [6.07, 6.45) is 8.54. The van der Waals surface area contributed by atoms with Crippen LogP contribution in [0.5, 0.6) is 0 Å². The predicted molar refractivity (Wildman–Crippen MR) is 104 cm³/mol. The highest BCUT2D eigenvalue weighted by atomic mass is 16.5. The Hall–Kier alpha value is -1.20. The van der Waals surface area contributed by atoms with E-state index in [9.17, 15) is 19.8 Å². The molecule has 7 atom stereocenters. The lowest BCUT2D eigenvalue weighted by Gasteiger charge is -2.58. The van der Waals surface area contributed by atoms with Crippen molar-refractivity contribution in [2.45, 2.75) is 83.3 Å². The van der Waals surface area contributed by atoms with Gasteiger partial charge in [-0.25, -0.2) is 0 Å². The Morgan fingerprint density at radius 1 is 1.14 bits per heavy atom. The van der Waals surface area contributed by atoms with Crippen LogP contribution in [0.2, 0.25) is 0 Å². The number of hydrogen-bond acceptors (Lipinski definition) is 5. The summed E-state index contributed by atoms with van der Waals surface area (Å²) >= 11 is 0. The van der Waals surface area contributed by atoms with Crippen LogP contribution in [0.15, 0.2) is 11.6 Å². The van der Waals surface area contributed by atoms with E-state index in [4.69, 9.17) is 0 Å². The molecule has 5 nitrogen and oxygen atoms in total. The highest BCUT2D eigenvalue weighted by Gasteiger charge is 2.66. The molecule has 3 saturated carbocycles. The second-order valence-corrected chi connectivity index (χ2v) is 10.2. The largest absolute Gasteiger partial charge is 0.469 e. The number of esters is 1. The molecule has 0 spiro atoms. The minimum Gasteiger partial charge on any atom is -0.469 e. The Morgan fingerprint density at radius 2 is 1.86 bits per heavy atom. The molecule has 156 valence electrons. The molecule has 4 aliphatic rings. The van der Waals surface area contributed by atoms with Crippen LogP contribution in [0.3, 0.4) is 0 Å². The lowest BCUT2D eigenvalue weighted by molar-refractivity contribution is -0.165. The number of allylic oxidation sites excluding steroid dienone is 1. The normalized spacial score (nSPS) is 47.4. The van der Waals surface area contributed by atoms with Gasteiger partial charge in [-0.3, -0.25) is 9.59 Å². The van der Waals surface area contributed by atoms with Crippen molar-refractivity contribution in [3.05, 3.63) is 11.6 Å². The number of hydrogen-bond donors (Lipinski definition) is 2. The Labute approximate surface area is 167 Å². The summed E-state index contributed by atoms with van der Waals surface area (Å²) in [4.78, 5) is 24.6. The van der Waals surface area contributed by atoms with Crippen molar-refractivity contribution in [3.63, 3.8) is 0 Å². The van der Waals surface area contributed by atoms with Crippen molar-refractivity contribution in [3.8, 4) is 0 Å². The first-order chi connectivity index (χ1) is 13.2. The van der Waals surface area contributed by atoms with E-state index in [1.54, 1.807) is 0 Å². The van der Waals surface area contributed by atoms with Crippen LogP contribution in [0.1, 0.15) is 71.6 Å². The predicted octanol–water partition coefficient (Wildman–Crippen LogP) is 3.17. The first kappa shape index (κ1) is 20.1. The highest BCUT2D eigenvalue weighted by molar-refractivity contribution is 6.01. The number of ether oxygens (including phenoxy) is 1. The van der Waals surface area contributed by atoms with Crippen LogP contribution < -0.4 is 0 Å². The maximum Gasteiger partial charge on any atom is 0.313 e. The van der Waals surface area contributed by atoms with Crippen molar-refractivity contribution in [1.82, 2.24) is 0 Å². The monoisotopic (exact) mass is 390 g/mol. The first-order valence-corrected chi connectivity index (χ1v) is 10.9. The zero-order valence-electron chi connectivity index (χ0n) is 17.4. The molecule has 3 fully saturated rings. The quantitative estimate of drug-likeness (QED) is 0.439. The van der Waals surface area contributed by atoms with Crippen LogP contribution in [0, 0.1) is 28.6 Å². The Kier molecular flexibility index (Phi) is 4.78. The third kappa shape index (κ3) is 2.65. The molecule has 7 unspecified atom stereocenters. The zero-order chi connectivity index (χ0) is 20.3. The van der Waals surface area contributed by atoms with E-state index in [1.165, 1.54) is 12.7 Å². The fraction of sp³-hybridized carbons (Fsp3) is 0.826. The third-order valence-corrected chi connectivity index (χ3v) is 9.22. The van der Waals surface area contributed by atoms with Gasteiger partial charge in [-0.1, -0.05) is 25.5 Å². The van der Waals surface area contributed by atoms with Gasteiger partial charge in [0, 0.05) is 5.41 Å². The molecule has 2 N–H and O–H groups in total. The van der Waals surface area contributed by atoms with Crippen LogP contribution in [-0.2, 0) is 14.3 Å². The third-order valence-electron chi connectivity index (χ3n) is 9.22. The number of rotatable bonds is 3. The minimum atomic E-state index is -1.43. The molecule has 28 heavy (non-hydrogen) atoms. The number of Topliss-reactive ketones (excluding diaryl/α,β-unsaturated/α-hetero) is 1. The van der Waals surface area contributed by atoms with Crippen molar-refractivity contribution < 1.29 is 24.5 Å². The van der Waals surface area contributed by atoms with Crippen LogP contribution in [0.4, 0.5) is 0 Å². The van der Waals surface area contributed by atoms with E-state index in [0.29, 0.717) is 24.2 Å². The van der Waals surface area contributed by atoms with Gasteiger partial charge in [0.05, 0.1) is 13.2 Å². The molecule has 5 heteroatoms. The number of carbonyl (C=O) groups is 2. The van der Waals surface area contributed by atoms with E-state index in [1.807, 2.05) is 0 Å². The fourth-order valence-electron chi connectivity index (χ4n) is 7.47. The molecule has 0 aromatic heterocycles. The molecule has 0 amide bonds. The summed E-state index contributed by atoms with van der Waals surface area (Å²) < 4.78 is 4.66. The molecule has 0 heterocycles. The van der Waals surface area contributed by atoms with E-state index >= 15 is 0 Å². The van der Waals surface area contributed by atoms with Crippen LogP contribution in [0.25, 0.3) is 0 Å². The number of aliphatic hydroxyl groups is 2. The fourth-order valence-corrected chi connectivity index (χ4v) is 7.47. The summed E-state index contributed by atoms with van der Waals surface area (Å²) in [5.74, 6) is 0.359. The second kappa shape index (κ2) is 6.66. The molecule has 4 aliphatic carbocycles. The molecule has 0 saturated heterocycles. The summed E-state index contributed by atoms with van der Waals surface area (Å²) in [5, 5.41) is 21.6. The molecule has 0 radical (unpaired) electrons. The average molecular weight is 391 g/mol. The van der Waals surface area contributed by atoms with Gasteiger partial charge in [-0.05, 0) is 74.5 Å². The van der Waals surface area contributed by atoms with Gasteiger partial charge >= 0.3 is 5.97 Å². The Balaban J connectivity index is 1.62. The van der Waals surface area contributed by atoms with Gasteiger partial charge < -0.3 is 14.9 Å². The molecular weight excluding hydrogens is 356 g/mol. The zero-order valence-corrected chi connectivity index (χ0v) is 17.4. The first-order valence-electron chi connectivity index (χ1n) is 10.9. The van der Waals surface area contributed by atoms with Gasteiger partial charge in [0.15, 0.2) is 5.78 Å². The van der Waals surface area contributed by atoms with E-state index < -0.39 is 17.0 Å². The summed E-state index contributed by atoms with van der Waals surface area (Å²) in [7, 11) is 1.28. The molecule has 0 aliphatic heterocycles. The van der Waals surface area contributed by atoms with Gasteiger partial charge in [-0.15, -0.1) is 0 Å². The van der Waals surface area contributed by atoms with Crippen molar-refractivity contribution in [2.24, 2.45) is 28.6 Å². The summed E-state index contributed by atoms with van der Waals surface area (Å²) in [6.45, 7) is 4.44. The Morgan fingerprint density at radius 3 is 2.57 bits per heavy atom. The number of carbonyl (C=O) groups excluding carboxylic acids is 2. The molecule has 0 aromatic carbocycles. The maximum absolute atomic E-state index is 12.9. The second-order valence-electron chi connectivity index (χ2n) is 10.2. The molecular formula is C23H34O5. The van der Waals surface area contributed by atoms with Crippen LogP contribution >= 0.6 is 0 Å². The van der Waals surface area contributed by atoms with E-state index in [2.05, 4.69) is 24.7 Å². The lowest BCUT2D eigenvalue weighted by Crippen LogP contribution is -2.57. The average Bonchev–Trinajstić information content (AvgIpc) is 2.94. The Bertz CT molecular complexity index is 714. The van der Waals surface area contributed by atoms with Gasteiger partial charge in [0.1, 0.15) is 12.0 Å². The van der Waals surface area contributed by atoms with Gasteiger partial charge in [0.2, 0.25) is 0 Å². The summed E-state index contributed by atoms with van der Waals surface area (Å²) in [5.41, 5.74) is -0.342. The van der Waals surface area contributed by atoms with Crippen molar-refractivity contribution in [1.29, 1.82) is 0 Å². The molecule has 0 bridgehead atoms. The molecule has 0 aromatic rings. The summed E-state index contributed by atoms with van der Waals surface area (Å²) in [6, 6.07) is 0. The maximum atomic E-state index is 12.9. The lowest BCUT2D eigenvalue weighted by atomic mass is 9.46. The number of methoxy groups -OCH3 is 1. The van der Waals surface area contributed by atoms with Crippen molar-refractivity contribution in [2.75, 3.05) is 7.11 Å². The topological polar surface area (TPSA) is 83.8 Å². The number of fused-ring (bicyclic) bond motifs is 5.